The highest BCUT2D eigenvalue weighted by Gasteiger charge is 2.43. The number of piperazine rings is 1. The molecular formula is C39H43N5O4. The van der Waals surface area contributed by atoms with Crippen LogP contribution in [0.2, 0.25) is 0 Å². The third kappa shape index (κ3) is 6.74. The fraction of sp³-hybridized carbons (Fsp3) is 0.333. The Bertz CT molecular complexity index is 1820. The summed E-state index contributed by atoms with van der Waals surface area (Å²) in [4.78, 5) is 17.6. The maximum Gasteiger partial charge on any atom is 0.350 e. The van der Waals surface area contributed by atoms with E-state index in [1.807, 2.05) is 67.6 Å². The highest BCUT2D eigenvalue weighted by Crippen LogP contribution is 2.38. The average Bonchev–Trinajstić information content (AvgIpc) is 3.75. The number of nitrogens with zero attached hydrogens (tertiary/aromatic N) is 5. The Balaban J connectivity index is 0.916. The van der Waals surface area contributed by atoms with Crippen LogP contribution in [0, 0.1) is 0 Å². The van der Waals surface area contributed by atoms with Crippen LogP contribution in [0.5, 0.6) is 5.75 Å². The largest absolute Gasteiger partial charge is 0.491 e. The van der Waals surface area contributed by atoms with Crippen molar-refractivity contribution >= 4 is 11.4 Å². The van der Waals surface area contributed by atoms with Gasteiger partial charge in [-0.15, -0.1) is 0 Å². The molecule has 7 rings (SSSR count). The quantitative estimate of drug-likeness (QED) is 0.169. The first-order chi connectivity index (χ1) is 23.5. The second-order valence-electron chi connectivity index (χ2n) is 12.6. The van der Waals surface area contributed by atoms with E-state index < -0.39 is 5.79 Å². The van der Waals surface area contributed by atoms with Crippen LogP contribution >= 0.6 is 0 Å². The number of rotatable bonds is 11. The van der Waals surface area contributed by atoms with Crippen molar-refractivity contribution in [3.63, 3.8) is 0 Å². The van der Waals surface area contributed by atoms with E-state index in [1.54, 1.807) is 10.9 Å². The molecule has 0 aliphatic carbocycles. The van der Waals surface area contributed by atoms with Gasteiger partial charge in [0, 0.05) is 55.6 Å². The van der Waals surface area contributed by atoms with Gasteiger partial charge in [0.2, 0.25) is 0 Å². The SMILES string of the molecule is CCC(C)n1cnn(-c2ccc(N3CCN(c4ccc(OC[C@@H]5CO[C@@](Cc6ccccc6)(c6ccccc6)O5)cc4)CC3)cc2)c1=O. The molecule has 9 nitrogen and oxygen atoms in total. The highest BCUT2D eigenvalue weighted by molar-refractivity contribution is 5.54. The third-order valence-corrected chi connectivity index (χ3v) is 9.49. The smallest absolute Gasteiger partial charge is 0.350 e. The molecule has 2 aliphatic heterocycles. The Hall–Kier alpha value is -4.86. The molecular weight excluding hydrogens is 602 g/mol. The molecule has 2 saturated heterocycles. The minimum Gasteiger partial charge on any atom is -0.491 e. The van der Waals surface area contributed by atoms with Gasteiger partial charge in [-0.05, 0) is 67.4 Å². The molecule has 5 aromatic rings. The normalized spacial score (nSPS) is 20.2. The van der Waals surface area contributed by atoms with Gasteiger partial charge in [-0.1, -0.05) is 67.6 Å². The van der Waals surface area contributed by atoms with Crippen LogP contribution in [0.4, 0.5) is 11.4 Å². The molecule has 3 atom stereocenters. The molecule has 0 amide bonds. The standard InChI is InChI=1S/C39H43N5O4/c1-3-30(2)43-29-40-44(38(43)45)35-16-14-33(15-17-35)41-22-24-42(25-23-41)34-18-20-36(21-19-34)46-27-37-28-47-39(48-37,32-12-8-5-9-13-32)26-31-10-6-4-7-11-31/h4-21,29-30,37H,3,22-28H2,1-2H3/t30?,37-,39-/m1/s1. The topological polar surface area (TPSA) is 74.0 Å². The summed E-state index contributed by atoms with van der Waals surface area (Å²) in [5.41, 5.74) is 5.18. The fourth-order valence-corrected chi connectivity index (χ4v) is 6.51. The molecule has 9 heteroatoms. The fourth-order valence-electron chi connectivity index (χ4n) is 6.51. The number of aromatic nitrogens is 3. The van der Waals surface area contributed by atoms with Gasteiger partial charge in [0.15, 0.2) is 5.79 Å². The summed E-state index contributed by atoms with van der Waals surface area (Å²) < 4.78 is 22.3. The zero-order valence-corrected chi connectivity index (χ0v) is 27.7. The summed E-state index contributed by atoms with van der Waals surface area (Å²) in [5.74, 6) is -0.0178. The van der Waals surface area contributed by atoms with E-state index in [-0.39, 0.29) is 17.8 Å². The Labute approximate surface area is 281 Å². The molecule has 2 fully saturated rings. The zero-order chi connectivity index (χ0) is 32.9. The Morgan fingerprint density at radius 2 is 1.40 bits per heavy atom. The molecule has 3 heterocycles. The maximum atomic E-state index is 12.8. The van der Waals surface area contributed by atoms with E-state index in [0.717, 1.165) is 60.9 Å². The van der Waals surface area contributed by atoms with Crippen molar-refractivity contribution < 1.29 is 14.2 Å². The second kappa shape index (κ2) is 14.1. The van der Waals surface area contributed by atoms with E-state index in [4.69, 9.17) is 14.2 Å². The number of hydrogen-bond donors (Lipinski definition) is 0. The van der Waals surface area contributed by atoms with Crippen LogP contribution in [0.1, 0.15) is 37.4 Å². The molecule has 4 aromatic carbocycles. The molecule has 0 N–H and O–H groups in total. The molecule has 48 heavy (non-hydrogen) atoms. The van der Waals surface area contributed by atoms with Crippen molar-refractivity contribution in [2.24, 2.45) is 0 Å². The van der Waals surface area contributed by atoms with Crippen LogP contribution in [0.15, 0.2) is 120 Å². The van der Waals surface area contributed by atoms with Crippen LogP contribution in [0.25, 0.3) is 5.69 Å². The predicted octanol–water partition coefficient (Wildman–Crippen LogP) is 6.22. The van der Waals surface area contributed by atoms with Crippen LogP contribution in [-0.4, -0.2) is 59.8 Å². The average molecular weight is 646 g/mol. The summed E-state index contributed by atoms with van der Waals surface area (Å²) >= 11 is 0. The van der Waals surface area contributed by atoms with Crippen molar-refractivity contribution in [1.82, 2.24) is 14.3 Å². The van der Waals surface area contributed by atoms with Gasteiger partial charge >= 0.3 is 5.69 Å². The number of hydrogen-bond acceptors (Lipinski definition) is 7. The van der Waals surface area contributed by atoms with E-state index in [2.05, 4.69) is 70.4 Å². The van der Waals surface area contributed by atoms with Crippen LogP contribution < -0.4 is 20.2 Å². The number of benzene rings is 4. The van der Waals surface area contributed by atoms with Gasteiger partial charge < -0.3 is 24.0 Å². The minimum absolute atomic E-state index is 0.105. The van der Waals surface area contributed by atoms with Crippen molar-refractivity contribution in [3.05, 3.63) is 137 Å². The van der Waals surface area contributed by atoms with Crippen molar-refractivity contribution in [2.45, 2.75) is 44.6 Å². The Kier molecular flexibility index (Phi) is 9.31. The molecule has 2 aliphatic rings. The first-order valence-electron chi connectivity index (χ1n) is 16.9. The van der Waals surface area contributed by atoms with Crippen LogP contribution in [0.3, 0.4) is 0 Å². The molecule has 1 aromatic heterocycles. The predicted molar refractivity (Wildman–Crippen MR) is 188 cm³/mol. The van der Waals surface area contributed by atoms with Crippen LogP contribution in [-0.2, 0) is 21.7 Å². The summed E-state index contributed by atoms with van der Waals surface area (Å²) in [6, 6.07) is 37.1. The second-order valence-corrected chi connectivity index (χ2v) is 12.6. The van der Waals surface area contributed by atoms with E-state index in [9.17, 15) is 4.79 Å². The van der Waals surface area contributed by atoms with E-state index >= 15 is 0 Å². The molecule has 0 saturated carbocycles. The minimum atomic E-state index is -0.832. The van der Waals surface area contributed by atoms with Gasteiger partial charge in [0.05, 0.1) is 12.3 Å². The summed E-state index contributed by atoms with van der Waals surface area (Å²) in [7, 11) is 0. The molecule has 1 unspecified atom stereocenters. The first kappa shape index (κ1) is 31.7. The lowest BCUT2D eigenvalue weighted by molar-refractivity contribution is -0.178. The van der Waals surface area contributed by atoms with Gasteiger partial charge in [-0.2, -0.15) is 9.78 Å². The summed E-state index contributed by atoms with van der Waals surface area (Å²) in [5, 5.41) is 4.34. The number of ether oxygens (including phenoxy) is 3. The van der Waals surface area contributed by atoms with Crippen molar-refractivity contribution in [2.75, 3.05) is 49.2 Å². The van der Waals surface area contributed by atoms with Crippen molar-refractivity contribution in [3.8, 4) is 11.4 Å². The molecule has 0 radical (unpaired) electrons. The molecule has 0 spiro atoms. The highest BCUT2D eigenvalue weighted by atomic mass is 16.8. The van der Waals surface area contributed by atoms with Gasteiger partial charge in [-0.3, -0.25) is 4.57 Å². The van der Waals surface area contributed by atoms with Gasteiger partial charge in [-0.25, -0.2) is 4.79 Å². The monoisotopic (exact) mass is 645 g/mol. The van der Waals surface area contributed by atoms with Gasteiger partial charge in [0.25, 0.3) is 0 Å². The number of anilines is 2. The molecule has 248 valence electrons. The summed E-state index contributed by atoms with van der Waals surface area (Å²) in [6.07, 6.45) is 2.96. The Morgan fingerprint density at radius 1 is 0.812 bits per heavy atom. The van der Waals surface area contributed by atoms with E-state index in [1.165, 1.54) is 10.4 Å². The third-order valence-electron chi connectivity index (χ3n) is 9.49. The lowest BCUT2D eigenvalue weighted by atomic mass is 9.97. The maximum absolute atomic E-state index is 12.8. The van der Waals surface area contributed by atoms with E-state index in [0.29, 0.717) is 19.6 Å². The zero-order valence-electron chi connectivity index (χ0n) is 27.7. The lowest BCUT2D eigenvalue weighted by Gasteiger charge is -2.37. The first-order valence-corrected chi connectivity index (χ1v) is 16.9. The Morgan fingerprint density at radius 3 is 2.02 bits per heavy atom. The van der Waals surface area contributed by atoms with Gasteiger partial charge in [0.1, 0.15) is 24.8 Å². The molecule has 0 bridgehead atoms. The lowest BCUT2D eigenvalue weighted by Crippen LogP contribution is -2.46. The van der Waals surface area contributed by atoms with Crippen molar-refractivity contribution in [1.29, 1.82) is 0 Å². The summed E-state index contributed by atoms with van der Waals surface area (Å²) in [6.45, 7) is 8.62.